The highest BCUT2D eigenvalue weighted by Gasteiger charge is 2.34. The van der Waals surface area contributed by atoms with E-state index < -0.39 is 11.4 Å². The average molecular weight is 249 g/mol. The van der Waals surface area contributed by atoms with Crippen molar-refractivity contribution in [2.75, 3.05) is 6.54 Å². The second-order valence-corrected chi connectivity index (χ2v) is 6.00. The van der Waals surface area contributed by atoms with Crippen molar-refractivity contribution in [1.82, 2.24) is 0 Å². The van der Waals surface area contributed by atoms with Crippen LogP contribution in [0.2, 0.25) is 0 Å². The summed E-state index contributed by atoms with van der Waals surface area (Å²) in [5.41, 5.74) is 6.72. The highest BCUT2D eigenvalue weighted by molar-refractivity contribution is 5.80. The maximum Gasteiger partial charge on any atom is 0.313 e. The van der Waals surface area contributed by atoms with Crippen LogP contribution in [0.1, 0.15) is 45.2 Å². The lowest BCUT2D eigenvalue weighted by Gasteiger charge is -2.26. The zero-order valence-corrected chi connectivity index (χ0v) is 11.7. The van der Waals surface area contributed by atoms with Crippen LogP contribution in [0, 0.1) is 0 Å². The standard InChI is InChI=1S/C15H23NO2/c1-14(2,3)11-5-7-12(8-6-11)15(4,9-10-16)13(17)18/h5-8H,9-10,16H2,1-4H3,(H,17,18). The lowest BCUT2D eigenvalue weighted by molar-refractivity contribution is -0.143. The molecule has 0 aliphatic rings. The fourth-order valence-electron chi connectivity index (χ4n) is 2.00. The highest BCUT2D eigenvalue weighted by Crippen LogP contribution is 2.30. The zero-order chi connectivity index (χ0) is 14.0. The first-order valence-electron chi connectivity index (χ1n) is 6.26. The second-order valence-electron chi connectivity index (χ2n) is 6.00. The summed E-state index contributed by atoms with van der Waals surface area (Å²) in [6.07, 6.45) is 0.442. The molecular formula is C15H23NO2. The molecule has 0 radical (unpaired) electrons. The maximum atomic E-state index is 11.4. The van der Waals surface area contributed by atoms with Gasteiger partial charge in [0.05, 0.1) is 5.41 Å². The Morgan fingerprint density at radius 2 is 1.56 bits per heavy atom. The summed E-state index contributed by atoms with van der Waals surface area (Å²) in [5.74, 6) is -0.823. The van der Waals surface area contributed by atoms with Crippen LogP contribution >= 0.6 is 0 Å². The molecule has 3 N–H and O–H groups in total. The fraction of sp³-hybridized carbons (Fsp3) is 0.533. The number of nitrogens with two attached hydrogens (primary N) is 1. The van der Waals surface area contributed by atoms with Crippen LogP contribution in [0.25, 0.3) is 0 Å². The number of hydrogen-bond donors (Lipinski definition) is 2. The quantitative estimate of drug-likeness (QED) is 0.862. The molecule has 100 valence electrons. The summed E-state index contributed by atoms with van der Waals surface area (Å²) in [6, 6.07) is 7.83. The van der Waals surface area contributed by atoms with Crippen molar-refractivity contribution in [3.05, 3.63) is 35.4 Å². The van der Waals surface area contributed by atoms with Crippen molar-refractivity contribution in [2.45, 2.75) is 44.9 Å². The normalized spacial score (nSPS) is 15.2. The molecule has 0 aliphatic heterocycles. The number of carboxylic acid groups (broad SMARTS) is 1. The van der Waals surface area contributed by atoms with Gasteiger partial charge in [-0.15, -0.1) is 0 Å². The molecule has 1 unspecified atom stereocenters. The van der Waals surface area contributed by atoms with E-state index in [-0.39, 0.29) is 5.41 Å². The van der Waals surface area contributed by atoms with E-state index in [1.54, 1.807) is 6.92 Å². The number of hydrogen-bond acceptors (Lipinski definition) is 2. The van der Waals surface area contributed by atoms with Gasteiger partial charge in [-0.05, 0) is 36.4 Å². The van der Waals surface area contributed by atoms with E-state index in [9.17, 15) is 9.90 Å². The molecule has 0 saturated heterocycles. The number of benzene rings is 1. The van der Waals surface area contributed by atoms with Gasteiger partial charge in [-0.25, -0.2) is 0 Å². The van der Waals surface area contributed by atoms with Gasteiger partial charge >= 0.3 is 5.97 Å². The fourth-order valence-corrected chi connectivity index (χ4v) is 2.00. The molecule has 0 saturated carbocycles. The van der Waals surface area contributed by atoms with Crippen molar-refractivity contribution in [2.24, 2.45) is 5.73 Å². The summed E-state index contributed by atoms with van der Waals surface area (Å²) < 4.78 is 0. The van der Waals surface area contributed by atoms with Crippen molar-refractivity contribution in [1.29, 1.82) is 0 Å². The lowest BCUT2D eigenvalue weighted by Crippen LogP contribution is -2.34. The topological polar surface area (TPSA) is 63.3 Å². The third kappa shape index (κ3) is 2.91. The van der Waals surface area contributed by atoms with Crippen LogP contribution < -0.4 is 5.73 Å². The summed E-state index contributed by atoms with van der Waals surface area (Å²) in [6.45, 7) is 8.51. The first-order valence-corrected chi connectivity index (χ1v) is 6.26. The third-order valence-corrected chi connectivity index (χ3v) is 3.50. The van der Waals surface area contributed by atoms with E-state index in [0.29, 0.717) is 13.0 Å². The Hall–Kier alpha value is -1.35. The Bertz CT molecular complexity index is 417. The number of carbonyl (C=O) groups is 1. The SMILES string of the molecule is CC(C)(C)c1ccc(C(C)(CCN)C(=O)O)cc1. The van der Waals surface area contributed by atoms with Crippen LogP contribution in [0.5, 0.6) is 0 Å². The minimum Gasteiger partial charge on any atom is -0.481 e. The van der Waals surface area contributed by atoms with Gasteiger partial charge in [0.1, 0.15) is 0 Å². The molecule has 18 heavy (non-hydrogen) atoms. The molecule has 1 aromatic carbocycles. The van der Waals surface area contributed by atoms with Crippen LogP contribution in [0.15, 0.2) is 24.3 Å². The van der Waals surface area contributed by atoms with E-state index in [4.69, 9.17) is 5.73 Å². The van der Waals surface area contributed by atoms with Gasteiger partial charge in [0.2, 0.25) is 0 Å². The molecule has 0 heterocycles. The maximum absolute atomic E-state index is 11.4. The van der Waals surface area contributed by atoms with Crippen LogP contribution in [-0.2, 0) is 15.6 Å². The van der Waals surface area contributed by atoms with Gasteiger partial charge in [0, 0.05) is 0 Å². The smallest absolute Gasteiger partial charge is 0.313 e. The predicted octanol–water partition coefficient (Wildman–Crippen LogP) is 2.68. The molecule has 0 spiro atoms. The summed E-state index contributed by atoms with van der Waals surface area (Å²) in [5, 5.41) is 9.39. The molecule has 0 bridgehead atoms. The van der Waals surface area contributed by atoms with Crippen molar-refractivity contribution in [3.8, 4) is 0 Å². The Morgan fingerprint density at radius 1 is 1.11 bits per heavy atom. The Morgan fingerprint density at radius 3 is 1.89 bits per heavy atom. The van der Waals surface area contributed by atoms with Gasteiger partial charge in [0.25, 0.3) is 0 Å². The Kier molecular flexibility index (Phi) is 4.17. The monoisotopic (exact) mass is 249 g/mol. The molecule has 0 amide bonds. The molecule has 0 aromatic heterocycles. The van der Waals surface area contributed by atoms with E-state index in [2.05, 4.69) is 20.8 Å². The average Bonchev–Trinajstić information content (AvgIpc) is 2.28. The lowest BCUT2D eigenvalue weighted by atomic mass is 9.78. The third-order valence-electron chi connectivity index (χ3n) is 3.50. The van der Waals surface area contributed by atoms with E-state index in [1.165, 1.54) is 5.56 Å². The largest absolute Gasteiger partial charge is 0.481 e. The van der Waals surface area contributed by atoms with Crippen molar-refractivity contribution >= 4 is 5.97 Å². The van der Waals surface area contributed by atoms with Gasteiger partial charge in [-0.1, -0.05) is 45.0 Å². The van der Waals surface area contributed by atoms with Crippen LogP contribution in [0.4, 0.5) is 0 Å². The number of rotatable bonds is 4. The summed E-state index contributed by atoms with van der Waals surface area (Å²) >= 11 is 0. The Balaban J connectivity index is 3.13. The number of carboxylic acids is 1. The molecule has 3 heteroatoms. The predicted molar refractivity (Wildman–Crippen MR) is 73.8 cm³/mol. The second kappa shape index (κ2) is 5.11. The highest BCUT2D eigenvalue weighted by atomic mass is 16.4. The molecule has 0 aliphatic carbocycles. The molecule has 1 aromatic rings. The minimum absolute atomic E-state index is 0.0754. The molecule has 3 nitrogen and oxygen atoms in total. The molecule has 1 rings (SSSR count). The van der Waals surface area contributed by atoms with E-state index in [1.807, 2.05) is 24.3 Å². The van der Waals surface area contributed by atoms with Crippen LogP contribution in [0.3, 0.4) is 0 Å². The number of aliphatic carboxylic acids is 1. The first kappa shape index (κ1) is 14.7. The van der Waals surface area contributed by atoms with Crippen molar-refractivity contribution in [3.63, 3.8) is 0 Å². The van der Waals surface area contributed by atoms with E-state index >= 15 is 0 Å². The van der Waals surface area contributed by atoms with E-state index in [0.717, 1.165) is 5.56 Å². The van der Waals surface area contributed by atoms with Gasteiger partial charge < -0.3 is 10.8 Å². The van der Waals surface area contributed by atoms with Crippen molar-refractivity contribution < 1.29 is 9.90 Å². The molecular weight excluding hydrogens is 226 g/mol. The Labute approximate surface area is 109 Å². The van der Waals surface area contributed by atoms with Gasteiger partial charge in [0.15, 0.2) is 0 Å². The van der Waals surface area contributed by atoms with Crippen LogP contribution in [-0.4, -0.2) is 17.6 Å². The first-order chi connectivity index (χ1) is 8.21. The zero-order valence-electron chi connectivity index (χ0n) is 11.7. The molecule has 0 fully saturated rings. The van der Waals surface area contributed by atoms with Gasteiger partial charge in [-0.2, -0.15) is 0 Å². The summed E-state index contributed by atoms with van der Waals surface area (Å²) in [7, 11) is 0. The molecule has 1 atom stereocenters. The minimum atomic E-state index is -0.898. The summed E-state index contributed by atoms with van der Waals surface area (Å²) in [4.78, 5) is 11.4. The van der Waals surface area contributed by atoms with Gasteiger partial charge in [-0.3, -0.25) is 4.79 Å².